The summed E-state index contributed by atoms with van der Waals surface area (Å²) in [6.45, 7) is 7.01. The largest absolute Gasteiger partial charge is 0.489 e. The van der Waals surface area contributed by atoms with E-state index in [1.54, 1.807) is 10.8 Å². The van der Waals surface area contributed by atoms with Crippen molar-refractivity contribution in [3.8, 4) is 11.4 Å². The summed E-state index contributed by atoms with van der Waals surface area (Å²) in [6, 6.07) is 19.3. The number of ether oxygens (including phenoxy) is 1. The summed E-state index contributed by atoms with van der Waals surface area (Å²) < 4.78 is 9.48. The summed E-state index contributed by atoms with van der Waals surface area (Å²) in [7, 11) is 0. The first-order valence-corrected chi connectivity index (χ1v) is 11.2. The van der Waals surface area contributed by atoms with Crippen LogP contribution in [0.3, 0.4) is 0 Å². The van der Waals surface area contributed by atoms with Gasteiger partial charge in [-0.1, -0.05) is 37.3 Å². The van der Waals surface area contributed by atoms with Gasteiger partial charge in [-0.3, -0.25) is 14.0 Å². The van der Waals surface area contributed by atoms with E-state index in [1.807, 2.05) is 54.7 Å². The normalized spacial score (nSPS) is 16.6. The van der Waals surface area contributed by atoms with Crippen molar-refractivity contribution in [2.45, 2.75) is 26.5 Å². The van der Waals surface area contributed by atoms with Crippen LogP contribution in [0.15, 0.2) is 77.9 Å². The Morgan fingerprint density at radius 1 is 1.06 bits per heavy atom. The lowest BCUT2D eigenvalue weighted by Gasteiger charge is -2.15. The Morgan fingerprint density at radius 3 is 2.72 bits per heavy atom. The van der Waals surface area contributed by atoms with Crippen molar-refractivity contribution >= 4 is 10.9 Å². The Labute approximate surface area is 187 Å². The molecule has 1 aliphatic rings. The molecule has 5 rings (SSSR count). The fraction of sp³-hybridized carbons (Fsp3) is 0.308. The van der Waals surface area contributed by atoms with E-state index in [-0.39, 0.29) is 5.56 Å². The fourth-order valence-electron chi connectivity index (χ4n) is 4.37. The van der Waals surface area contributed by atoms with E-state index in [1.165, 1.54) is 25.6 Å². The van der Waals surface area contributed by atoms with E-state index in [9.17, 15) is 4.79 Å². The van der Waals surface area contributed by atoms with Crippen molar-refractivity contribution in [3.05, 3.63) is 89.0 Å². The third-order valence-electron chi connectivity index (χ3n) is 6.18. The highest BCUT2D eigenvalue weighted by molar-refractivity contribution is 5.80. The van der Waals surface area contributed by atoms with Crippen LogP contribution in [0.5, 0.6) is 5.75 Å². The highest BCUT2D eigenvalue weighted by Gasteiger charge is 2.18. The van der Waals surface area contributed by atoms with Crippen LogP contribution in [0, 0.1) is 5.92 Å². The van der Waals surface area contributed by atoms with E-state index < -0.39 is 0 Å². The molecule has 32 heavy (non-hydrogen) atoms. The fourth-order valence-corrected chi connectivity index (χ4v) is 4.37. The Kier molecular flexibility index (Phi) is 5.77. The second-order valence-electron chi connectivity index (χ2n) is 8.65. The van der Waals surface area contributed by atoms with Crippen LogP contribution in [0.2, 0.25) is 0 Å². The maximum absolute atomic E-state index is 12.7. The number of fused-ring (bicyclic) bond motifs is 1. The third kappa shape index (κ3) is 4.46. The summed E-state index contributed by atoms with van der Waals surface area (Å²) in [5.41, 5.74) is 2.87. The van der Waals surface area contributed by atoms with Gasteiger partial charge in [-0.2, -0.15) is 5.10 Å². The summed E-state index contributed by atoms with van der Waals surface area (Å²) in [5, 5.41) is 5.62. The van der Waals surface area contributed by atoms with Crippen molar-refractivity contribution < 1.29 is 4.74 Å². The Morgan fingerprint density at radius 2 is 1.94 bits per heavy atom. The quantitative estimate of drug-likeness (QED) is 0.445. The topological polar surface area (TPSA) is 52.3 Å². The molecule has 1 atom stereocenters. The van der Waals surface area contributed by atoms with E-state index in [0.717, 1.165) is 41.2 Å². The number of likely N-dealkylation sites (tertiary alicyclic amines) is 1. The van der Waals surface area contributed by atoms with Crippen molar-refractivity contribution in [3.63, 3.8) is 0 Å². The maximum atomic E-state index is 12.7. The molecule has 4 aromatic rings. The first-order valence-electron chi connectivity index (χ1n) is 11.2. The molecule has 1 saturated heterocycles. The van der Waals surface area contributed by atoms with Gasteiger partial charge in [0.1, 0.15) is 12.4 Å². The summed E-state index contributed by atoms with van der Waals surface area (Å²) in [4.78, 5) is 15.2. The van der Waals surface area contributed by atoms with Gasteiger partial charge >= 0.3 is 0 Å². The Balaban J connectivity index is 1.29. The second kappa shape index (κ2) is 9.01. The molecule has 0 amide bonds. The number of hydrogen-bond donors (Lipinski definition) is 0. The van der Waals surface area contributed by atoms with Gasteiger partial charge < -0.3 is 9.64 Å². The molecule has 0 unspecified atom stereocenters. The molecule has 1 aliphatic heterocycles. The molecule has 6 nitrogen and oxygen atoms in total. The standard InChI is InChI=1S/C26H28N4O2/c1-20-9-11-28(18-20)13-14-30-25-8-7-23(15-22(25)17-27-30)29-12-10-24(16-26(29)31)32-19-21-5-3-2-4-6-21/h2-8,10,12,15-17,20H,9,11,13-14,18-19H2,1H3/t20-/m1/s1. The SMILES string of the molecule is C[C@@H]1CCN(CCn2ncc3cc(-n4ccc(OCc5ccccc5)cc4=O)ccc32)C1. The highest BCUT2D eigenvalue weighted by atomic mass is 16.5. The van der Waals surface area contributed by atoms with Gasteiger partial charge in [-0.25, -0.2) is 0 Å². The molecule has 1 fully saturated rings. The second-order valence-corrected chi connectivity index (χ2v) is 8.65. The zero-order valence-electron chi connectivity index (χ0n) is 18.4. The van der Waals surface area contributed by atoms with Gasteiger partial charge in [0.05, 0.1) is 18.3 Å². The molecule has 2 aromatic heterocycles. The molecule has 0 radical (unpaired) electrons. The minimum absolute atomic E-state index is 0.120. The van der Waals surface area contributed by atoms with Crippen LogP contribution < -0.4 is 10.3 Å². The minimum Gasteiger partial charge on any atom is -0.489 e. The predicted molar refractivity (Wildman–Crippen MR) is 126 cm³/mol. The molecule has 0 bridgehead atoms. The van der Waals surface area contributed by atoms with Gasteiger partial charge in [0.2, 0.25) is 0 Å². The molecule has 0 aliphatic carbocycles. The minimum atomic E-state index is -0.120. The third-order valence-corrected chi connectivity index (χ3v) is 6.18. The molecule has 0 saturated carbocycles. The average Bonchev–Trinajstić information content (AvgIpc) is 3.42. The first kappa shape index (κ1) is 20.5. The molecule has 3 heterocycles. The smallest absolute Gasteiger partial charge is 0.258 e. The Hall–Kier alpha value is -3.38. The zero-order valence-corrected chi connectivity index (χ0v) is 18.4. The lowest BCUT2D eigenvalue weighted by atomic mass is 10.2. The average molecular weight is 429 g/mol. The monoisotopic (exact) mass is 428 g/mol. The number of benzene rings is 2. The van der Waals surface area contributed by atoms with Crippen molar-refractivity contribution in [2.75, 3.05) is 19.6 Å². The predicted octanol–water partition coefficient (Wildman–Crippen LogP) is 4.11. The number of nitrogens with zero attached hydrogens (tertiary/aromatic N) is 4. The summed E-state index contributed by atoms with van der Waals surface area (Å²) in [5.74, 6) is 1.36. The van der Waals surface area contributed by atoms with Gasteiger partial charge in [0.25, 0.3) is 5.56 Å². The van der Waals surface area contributed by atoms with E-state index in [0.29, 0.717) is 12.4 Å². The lowest BCUT2D eigenvalue weighted by Crippen LogP contribution is -2.25. The van der Waals surface area contributed by atoms with Gasteiger partial charge in [0.15, 0.2) is 0 Å². The molecule has 2 aromatic carbocycles. The molecular weight excluding hydrogens is 400 g/mol. The lowest BCUT2D eigenvalue weighted by molar-refractivity contribution is 0.305. The van der Waals surface area contributed by atoms with Crippen LogP contribution in [-0.4, -0.2) is 38.9 Å². The maximum Gasteiger partial charge on any atom is 0.258 e. The first-order chi connectivity index (χ1) is 15.7. The number of aromatic nitrogens is 3. The van der Waals surface area contributed by atoms with Gasteiger partial charge in [-0.15, -0.1) is 0 Å². The number of hydrogen-bond acceptors (Lipinski definition) is 4. The van der Waals surface area contributed by atoms with E-state index in [4.69, 9.17) is 4.74 Å². The van der Waals surface area contributed by atoms with Crippen molar-refractivity contribution in [1.29, 1.82) is 0 Å². The van der Waals surface area contributed by atoms with E-state index in [2.05, 4.69) is 27.7 Å². The molecule has 164 valence electrons. The molecule has 6 heteroatoms. The Bertz CT molecular complexity index is 1260. The zero-order chi connectivity index (χ0) is 21.9. The van der Waals surface area contributed by atoms with Crippen LogP contribution >= 0.6 is 0 Å². The van der Waals surface area contributed by atoms with Gasteiger partial charge in [-0.05, 0) is 48.7 Å². The molecule has 0 N–H and O–H groups in total. The van der Waals surface area contributed by atoms with Crippen LogP contribution in [0.25, 0.3) is 16.6 Å². The number of pyridine rings is 1. The molecule has 0 spiro atoms. The van der Waals surface area contributed by atoms with Crippen molar-refractivity contribution in [1.82, 2.24) is 19.2 Å². The van der Waals surface area contributed by atoms with Crippen molar-refractivity contribution in [2.24, 2.45) is 5.92 Å². The molecular formula is C26H28N4O2. The van der Waals surface area contributed by atoms with Crippen LogP contribution in [0.4, 0.5) is 0 Å². The number of rotatable bonds is 7. The van der Waals surface area contributed by atoms with Crippen LogP contribution in [0.1, 0.15) is 18.9 Å². The van der Waals surface area contributed by atoms with Gasteiger partial charge in [0, 0.05) is 36.4 Å². The summed E-state index contributed by atoms with van der Waals surface area (Å²) in [6.07, 6.45) is 4.94. The summed E-state index contributed by atoms with van der Waals surface area (Å²) >= 11 is 0. The van der Waals surface area contributed by atoms with Crippen LogP contribution in [-0.2, 0) is 13.2 Å². The van der Waals surface area contributed by atoms with E-state index >= 15 is 0 Å². The highest BCUT2D eigenvalue weighted by Crippen LogP contribution is 2.20.